The molecule has 0 aliphatic heterocycles. The molecule has 20 heavy (non-hydrogen) atoms. The highest BCUT2D eigenvalue weighted by atomic mass is 35.5. The summed E-state index contributed by atoms with van der Waals surface area (Å²) in [5, 5.41) is 9.70. The Morgan fingerprint density at radius 2 is 1.90 bits per heavy atom. The number of hydrogen-bond donors (Lipinski definition) is 1. The summed E-state index contributed by atoms with van der Waals surface area (Å²) in [6, 6.07) is 12.9. The molecule has 0 aliphatic carbocycles. The molecule has 0 amide bonds. The van der Waals surface area contributed by atoms with E-state index in [4.69, 9.17) is 21.4 Å². The first-order valence-electron chi connectivity index (χ1n) is 6.20. The molecule has 0 aliphatic rings. The third kappa shape index (κ3) is 2.78. The fourth-order valence-electron chi connectivity index (χ4n) is 2.02. The van der Waals surface area contributed by atoms with Gasteiger partial charge in [0.1, 0.15) is 5.75 Å². The van der Waals surface area contributed by atoms with Crippen LogP contribution < -0.4 is 4.74 Å². The van der Waals surface area contributed by atoms with E-state index in [1.807, 2.05) is 30.3 Å². The highest BCUT2D eigenvalue weighted by Gasteiger charge is 2.17. The summed E-state index contributed by atoms with van der Waals surface area (Å²) in [5.41, 5.74) is 2.41. The lowest BCUT2D eigenvalue weighted by Gasteiger charge is -2.14. The van der Waals surface area contributed by atoms with Crippen molar-refractivity contribution in [2.75, 3.05) is 7.11 Å². The van der Waals surface area contributed by atoms with Gasteiger partial charge in [-0.2, -0.15) is 0 Å². The molecule has 1 N–H and O–H groups in total. The van der Waals surface area contributed by atoms with Crippen molar-refractivity contribution in [2.45, 2.75) is 12.8 Å². The number of rotatable bonds is 4. The molecule has 0 aromatic heterocycles. The standard InChI is InChI=1S/C16H15ClO3/c1-10(16(18)19)11-7-8-13(15(9-11)20-2)12-5-3-4-6-14(12)17/h3-10H,1-2H3,(H,18,19). The number of hydrogen-bond acceptors (Lipinski definition) is 2. The second-order valence-corrected chi connectivity index (χ2v) is 4.91. The molecule has 0 saturated heterocycles. The van der Waals surface area contributed by atoms with Gasteiger partial charge in [-0.3, -0.25) is 4.79 Å². The molecule has 0 spiro atoms. The lowest BCUT2D eigenvalue weighted by molar-refractivity contribution is -0.138. The topological polar surface area (TPSA) is 46.5 Å². The Labute approximate surface area is 122 Å². The van der Waals surface area contributed by atoms with Crippen molar-refractivity contribution < 1.29 is 14.6 Å². The molecular formula is C16H15ClO3. The highest BCUT2D eigenvalue weighted by Crippen LogP contribution is 2.36. The maximum absolute atomic E-state index is 11.0. The van der Waals surface area contributed by atoms with Gasteiger partial charge < -0.3 is 9.84 Å². The largest absolute Gasteiger partial charge is 0.496 e. The van der Waals surface area contributed by atoms with E-state index in [0.29, 0.717) is 16.3 Å². The predicted molar refractivity (Wildman–Crippen MR) is 79.5 cm³/mol. The normalized spacial score (nSPS) is 11.9. The van der Waals surface area contributed by atoms with Gasteiger partial charge in [0.05, 0.1) is 13.0 Å². The van der Waals surface area contributed by atoms with Crippen molar-refractivity contribution in [1.29, 1.82) is 0 Å². The van der Waals surface area contributed by atoms with Crippen molar-refractivity contribution in [3.05, 3.63) is 53.1 Å². The maximum Gasteiger partial charge on any atom is 0.310 e. The third-order valence-corrected chi connectivity index (χ3v) is 3.59. The van der Waals surface area contributed by atoms with E-state index in [1.54, 1.807) is 26.2 Å². The molecule has 3 nitrogen and oxygen atoms in total. The van der Waals surface area contributed by atoms with Crippen molar-refractivity contribution >= 4 is 17.6 Å². The van der Waals surface area contributed by atoms with E-state index in [1.165, 1.54) is 0 Å². The summed E-state index contributed by atoms with van der Waals surface area (Å²) >= 11 is 6.19. The summed E-state index contributed by atoms with van der Waals surface area (Å²) in [6.45, 7) is 1.65. The van der Waals surface area contributed by atoms with Gasteiger partial charge in [-0.15, -0.1) is 0 Å². The van der Waals surface area contributed by atoms with Crippen LogP contribution in [-0.2, 0) is 4.79 Å². The van der Waals surface area contributed by atoms with E-state index in [2.05, 4.69) is 0 Å². The van der Waals surface area contributed by atoms with Crippen molar-refractivity contribution in [3.63, 3.8) is 0 Å². The molecule has 1 atom stereocenters. The van der Waals surface area contributed by atoms with Gasteiger partial charge in [-0.1, -0.05) is 41.9 Å². The van der Waals surface area contributed by atoms with Gasteiger partial charge in [-0.25, -0.2) is 0 Å². The van der Waals surface area contributed by atoms with Crippen LogP contribution >= 0.6 is 11.6 Å². The number of carboxylic acid groups (broad SMARTS) is 1. The number of carboxylic acids is 1. The second-order valence-electron chi connectivity index (χ2n) is 4.50. The van der Waals surface area contributed by atoms with E-state index in [9.17, 15) is 4.79 Å². The average Bonchev–Trinajstić information content (AvgIpc) is 2.46. The zero-order valence-electron chi connectivity index (χ0n) is 11.3. The van der Waals surface area contributed by atoms with Crippen molar-refractivity contribution in [2.24, 2.45) is 0 Å². The van der Waals surface area contributed by atoms with Crippen LogP contribution in [0.15, 0.2) is 42.5 Å². The van der Waals surface area contributed by atoms with Gasteiger partial charge >= 0.3 is 5.97 Å². The van der Waals surface area contributed by atoms with E-state index >= 15 is 0 Å². The van der Waals surface area contributed by atoms with Gasteiger partial charge in [0.2, 0.25) is 0 Å². The summed E-state index contributed by atoms with van der Waals surface area (Å²) in [4.78, 5) is 11.0. The molecule has 2 aromatic rings. The summed E-state index contributed by atoms with van der Waals surface area (Å²) in [7, 11) is 1.56. The predicted octanol–water partition coefficient (Wildman–Crippen LogP) is 4.20. The minimum Gasteiger partial charge on any atom is -0.496 e. The van der Waals surface area contributed by atoms with Gasteiger partial charge in [0.25, 0.3) is 0 Å². The van der Waals surface area contributed by atoms with Crippen LogP contribution in [0.1, 0.15) is 18.4 Å². The zero-order chi connectivity index (χ0) is 14.7. The molecule has 0 fully saturated rings. The van der Waals surface area contributed by atoms with Crippen LogP contribution in [0, 0.1) is 0 Å². The van der Waals surface area contributed by atoms with E-state index < -0.39 is 11.9 Å². The molecular weight excluding hydrogens is 276 g/mol. The quantitative estimate of drug-likeness (QED) is 0.918. The Balaban J connectivity index is 2.51. The molecule has 0 heterocycles. The Bertz CT molecular complexity index is 637. The maximum atomic E-state index is 11.0. The van der Waals surface area contributed by atoms with E-state index in [0.717, 1.165) is 11.1 Å². The number of carbonyl (C=O) groups is 1. The molecule has 0 saturated carbocycles. The van der Waals surface area contributed by atoms with Crippen LogP contribution in [0.5, 0.6) is 5.75 Å². The number of benzene rings is 2. The summed E-state index contributed by atoms with van der Waals surface area (Å²) < 4.78 is 5.37. The fourth-order valence-corrected chi connectivity index (χ4v) is 2.26. The summed E-state index contributed by atoms with van der Waals surface area (Å²) in [5.74, 6) is -0.828. The summed E-state index contributed by atoms with van der Waals surface area (Å²) in [6.07, 6.45) is 0. The lowest BCUT2D eigenvalue weighted by Crippen LogP contribution is -2.07. The Morgan fingerprint density at radius 1 is 1.20 bits per heavy atom. The Morgan fingerprint density at radius 3 is 2.50 bits per heavy atom. The lowest BCUT2D eigenvalue weighted by atomic mass is 9.96. The van der Waals surface area contributed by atoms with Gasteiger partial charge in [0, 0.05) is 16.1 Å². The minimum atomic E-state index is -0.863. The first kappa shape index (κ1) is 14.4. The van der Waals surface area contributed by atoms with E-state index in [-0.39, 0.29) is 0 Å². The average molecular weight is 291 g/mol. The molecule has 0 bridgehead atoms. The highest BCUT2D eigenvalue weighted by molar-refractivity contribution is 6.33. The van der Waals surface area contributed by atoms with Crippen LogP contribution in [0.3, 0.4) is 0 Å². The van der Waals surface area contributed by atoms with Crippen molar-refractivity contribution in [3.8, 4) is 16.9 Å². The van der Waals surface area contributed by atoms with Crippen LogP contribution in [0.4, 0.5) is 0 Å². The molecule has 2 rings (SSSR count). The van der Waals surface area contributed by atoms with Crippen LogP contribution in [-0.4, -0.2) is 18.2 Å². The molecule has 1 unspecified atom stereocenters. The molecule has 2 aromatic carbocycles. The number of methoxy groups -OCH3 is 1. The number of ether oxygens (including phenoxy) is 1. The number of halogens is 1. The van der Waals surface area contributed by atoms with Gasteiger partial charge in [-0.05, 0) is 24.6 Å². The second kappa shape index (κ2) is 5.97. The van der Waals surface area contributed by atoms with Crippen molar-refractivity contribution in [1.82, 2.24) is 0 Å². The smallest absolute Gasteiger partial charge is 0.310 e. The monoisotopic (exact) mass is 290 g/mol. The first-order valence-corrected chi connectivity index (χ1v) is 6.58. The molecule has 0 radical (unpaired) electrons. The third-order valence-electron chi connectivity index (χ3n) is 3.26. The molecule has 104 valence electrons. The minimum absolute atomic E-state index is 0.579. The van der Waals surface area contributed by atoms with Crippen LogP contribution in [0.25, 0.3) is 11.1 Å². The number of aliphatic carboxylic acids is 1. The fraction of sp³-hybridized carbons (Fsp3) is 0.188. The Hall–Kier alpha value is -2.00. The van der Waals surface area contributed by atoms with Gasteiger partial charge in [0.15, 0.2) is 0 Å². The Kier molecular flexibility index (Phi) is 4.30. The SMILES string of the molecule is COc1cc(C(C)C(=O)O)ccc1-c1ccccc1Cl. The van der Waals surface area contributed by atoms with Crippen LogP contribution in [0.2, 0.25) is 5.02 Å². The first-order chi connectivity index (χ1) is 9.54. The molecule has 4 heteroatoms. The zero-order valence-corrected chi connectivity index (χ0v) is 12.0.